The molecule has 1 aliphatic heterocycles. The van der Waals surface area contributed by atoms with E-state index in [4.69, 9.17) is 5.73 Å². The van der Waals surface area contributed by atoms with Crippen molar-refractivity contribution in [2.75, 3.05) is 52.4 Å². The Morgan fingerprint density at radius 3 is 2.11 bits per heavy atom. The highest BCUT2D eigenvalue weighted by atomic mass is 32.2. The largest absolute Gasteiger partial charge is 0.330 e. The number of nitrogens with zero attached hydrogens (tertiary/aromatic N) is 3. The van der Waals surface area contributed by atoms with Crippen LogP contribution in [-0.4, -0.2) is 74.3 Å². The van der Waals surface area contributed by atoms with Gasteiger partial charge in [0.05, 0.1) is 0 Å². The molecule has 0 radical (unpaired) electrons. The first-order valence-corrected chi connectivity index (χ1v) is 8.53. The highest BCUT2D eigenvalue weighted by Gasteiger charge is 2.30. The molecule has 1 atom stereocenters. The van der Waals surface area contributed by atoms with Gasteiger partial charge in [-0.3, -0.25) is 0 Å². The van der Waals surface area contributed by atoms with E-state index < -0.39 is 10.2 Å². The SMILES string of the molecule is CCN(CC)S(=O)(=O)N1CCN(CC(C)CN)CC1. The standard InChI is InChI=1S/C12H28N4O2S/c1-4-15(5-2)19(17,18)16-8-6-14(7-9-16)11-12(3)10-13/h12H,4-11,13H2,1-3H3. The molecule has 0 bridgehead atoms. The van der Waals surface area contributed by atoms with Crippen molar-refractivity contribution in [3.8, 4) is 0 Å². The maximum absolute atomic E-state index is 12.3. The maximum Gasteiger partial charge on any atom is 0.282 e. The van der Waals surface area contributed by atoms with Crippen LogP contribution in [0.3, 0.4) is 0 Å². The van der Waals surface area contributed by atoms with Crippen LogP contribution in [0.1, 0.15) is 20.8 Å². The van der Waals surface area contributed by atoms with Crippen LogP contribution in [0.15, 0.2) is 0 Å². The molecule has 1 unspecified atom stereocenters. The first-order valence-electron chi connectivity index (χ1n) is 7.13. The Morgan fingerprint density at radius 1 is 1.16 bits per heavy atom. The fourth-order valence-electron chi connectivity index (χ4n) is 2.37. The number of piperazine rings is 1. The van der Waals surface area contributed by atoms with Crippen LogP contribution in [0.25, 0.3) is 0 Å². The zero-order valence-electron chi connectivity index (χ0n) is 12.4. The summed E-state index contributed by atoms with van der Waals surface area (Å²) >= 11 is 0. The van der Waals surface area contributed by atoms with Gasteiger partial charge in [-0.05, 0) is 12.5 Å². The van der Waals surface area contributed by atoms with Crippen molar-refractivity contribution in [3.05, 3.63) is 0 Å². The Morgan fingerprint density at radius 2 is 1.68 bits per heavy atom. The van der Waals surface area contributed by atoms with Gasteiger partial charge in [0.1, 0.15) is 0 Å². The number of rotatable bonds is 7. The van der Waals surface area contributed by atoms with E-state index in [1.807, 2.05) is 13.8 Å². The molecular weight excluding hydrogens is 264 g/mol. The highest BCUT2D eigenvalue weighted by molar-refractivity contribution is 7.86. The summed E-state index contributed by atoms with van der Waals surface area (Å²) in [5, 5.41) is 0. The van der Waals surface area contributed by atoms with Gasteiger partial charge < -0.3 is 10.6 Å². The molecule has 6 nitrogen and oxygen atoms in total. The molecule has 19 heavy (non-hydrogen) atoms. The second kappa shape index (κ2) is 7.54. The normalized spacial score (nSPS) is 20.9. The third kappa shape index (κ3) is 4.39. The molecule has 0 saturated carbocycles. The Kier molecular flexibility index (Phi) is 6.68. The average molecular weight is 292 g/mol. The van der Waals surface area contributed by atoms with Crippen molar-refractivity contribution in [2.45, 2.75) is 20.8 Å². The van der Waals surface area contributed by atoms with Crippen LogP contribution in [0.4, 0.5) is 0 Å². The van der Waals surface area contributed by atoms with Crippen LogP contribution < -0.4 is 5.73 Å². The highest BCUT2D eigenvalue weighted by Crippen LogP contribution is 2.12. The zero-order chi connectivity index (χ0) is 14.5. The van der Waals surface area contributed by atoms with E-state index in [0.29, 0.717) is 38.6 Å². The molecule has 0 aromatic heterocycles. The van der Waals surface area contributed by atoms with Crippen LogP contribution in [0.5, 0.6) is 0 Å². The van der Waals surface area contributed by atoms with E-state index in [1.165, 1.54) is 4.31 Å². The summed E-state index contributed by atoms with van der Waals surface area (Å²) in [5.41, 5.74) is 5.62. The van der Waals surface area contributed by atoms with Gasteiger partial charge in [-0.2, -0.15) is 17.0 Å². The van der Waals surface area contributed by atoms with Crippen molar-refractivity contribution in [2.24, 2.45) is 11.7 Å². The Hall–Kier alpha value is -0.210. The van der Waals surface area contributed by atoms with E-state index >= 15 is 0 Å². The topological polar surface area (TPSA) is 69.9 Å². The third-order valence-corrected chi connectivity index (χ3v) is 5.85. The van der Waals surface area contributed by atoms with Gasteiger partial charge in [-0.1, -0.05) is 20.8 Å². The molecule has 0 amide bonds. The minimum Gasteiger partial charge on any atom is -0.330 e. The monoisotopic (exact) mass is 292 g/mol. The summed E-state index contributed by atoms with van der Waals surface area (Å²) in [6.07, 6.45) is 0. The molecule has 2 N–H and O–H groups in total. The molecule has 1 saturated heterocycles. The molecular formula is C12H28N4O2S. The third-order valence-electron chi connectivity index (χ3n) is 3.66. The first kappa shape index (κ1) is 16.8. The van der Waals surface area contributed by atoms with E-state index in [1.54, 1.807) is 4.31 Å². The van der Waals surface area contributed by atoms with Gasteiger partial charge in [0, 0.05) is 45.8 Å². The number of nitrogens with two attached hydrogens (primary N) is 1. The summed E-state index contributed by atoms with van der Waals surface area (Å²) in [4.78, 5) is 2.30. The van der Waals surface area contributed by atoms with Gasteiger partial charge in [-0.25, -0.2) is 0 Å². The van der Waals surface area contributed by atoms with Gasteiger partial charge in [0.15, 0.2) is 0 Å². The average Bonchev–Trinajstić information content (AvgIpc) is 2.40. The molecule has 0 aliphatic carbocycles. The predicted octanol–water partition coefficient (Wildman–Crippen LogP) is -0.215. The summed E-state index contributed by atoms with van der Waals surface area (Å²) in [6.45, 7) is 11.3. The molecule has 1 rings (SSSR count). The lowest BCUT2D eigenvalue weighted by Crippen LogP contribution is -2.53. The van der Waals surface area contributed by atoms with Crippen LogP contribution in [0.2, 0.25) is 0 Å². The molecule has 0 aromatic rings. The minimum atomic E-state index is -3.27. The summed E-state index contributed by atoms with van der Waals surface area (Å²) in [7, 11) is -3.27. The molecule has 1 heterocycles. The van der Waals surface area contributed by atoms with Crippen molar-refractivity contribution in [3.63, 3.8) is 0 Å². The van der Waals surface area contributed by atoms with Gasteiger partial charge >= 0.3 is 0 Å². The maximum atomic E-state index is 12.3. The first-order chi connectivity index (χ1) is 8.95. The Balaban J connectivity index is 2.53. The number of hydrogen-bond donors (Lipinski definition) is 1. The predicted molar refractivity (Wildman–Crippen MR) is 78.1 cm³/mol. The van der Waals surface area contributed by atoms with Crippen LogP contribution in [0, 0.1) is 5.92 Å². The summed E-state index contributed by atoms with van der Waals surface area (Å²) in [5.74, 6) is 0.464. The van der Waals surface area contributed by atoms with Crippen molar-refractivity contribution >= 4 is 10.2 Å². The van der Waals surface area contributed by atoms with Gasteiger partial charge in [0.2, 0.25) is 0 Å². The molecule has 114 valence electrons. The quantitative estimate of drug-likeness (QED) is 0.705. The fourth-order valence-corrected chi connectivity index (χ4v) is 3.98. The van der Waals surface area contributed by atoms with E-state index in [0.717, 1.165) is 19.6 Å². The Labute approximate surface area is 117 Å². The lowest BCUT2D eigenvalue weighted by molar-refractivity contribution is 0.164. The molecule has 1 fully saturated rings. The zero-order valence-corrected chi connectivity index (χ0v) is 13.2. The lowest BCUT2D eigenvalue weighted by atomic mass is 10.1. The second-order valence-corrected chi connectivity index (χ2v) is 7.06. The van der Waals surface area contributed by atoms with Crippen LogP contribution >= 0.6 is 0 Å². The molecule has 0 aromatic carbocycles. The number of hydrogen-bond acceptors (Lipinski definition) is 4. The smallest absolute Gasteiger partial charge is 0.282 e. The Bertz CT molecular complexity index is 349. The van der Waals surface area contributed by atoms with Crippen molar-refractivity contribution in [1.82, 2.24) is 13.5 Å². The summed E-state index contributed by atoms with van der Waals surface area (Å²) in [6, 6.07) is 0. The second-order valence-electron chi connectivity index (χ2n) is 5.13. The minimum absolute atomic E-state index is 0.464. The fraction of sp³-hybridized carbons (Fsp3) is 1.00. The van der Waals surface area contributed by atoms with E-state index in [9.17, 15) is 8.42 Å². The summed E-state index contributed by atoms with van der Waals surface area (Å²) < 4.78 is 27.8. The lowest BCUT2D eigenvalue weighted by Gasteiger charge is -2.37. The van der Waals surface area contributed by atoms with Gasteiger partial charge in [-0.15, -0.1) is 0 Å². The molecule has 7 heteroatoms. The van der Waals surface area contributed by atoms with Crippen LogP contribution in [-0.2, 0) is 10.2 Å². The van der Waals surface area contributed by atoms with Gasteiger partial charge in [0.25, 0.3) is 10.2 Å². The van der Waals surface area contributed by atoms with Crippen molar-refractivity contribution in [1.29, 1.82) is 0 Å². The van der Waals surface area contributed by atoms with E-state index in [-0.39, 0.29) is 0 Å². The molecule has 0 spiro atoms. The van der Waals surface area contributed by atoms with Crippen molar-refractivity contribution < 1.29 is 8.42 Å². The molecule has 1 aliphatic rings. The van der Waals surface area contributed by atoms with E-state index in [2.05, 4.69) is 11.8 Å².